The molecule has 0 spiro atoms. The summed E-state index contributed by atoms with van der Waals surface area (Å²) in [5.74, 6) is 3.30. The molecule has 4 aromatic carbocycles. The summed E-state index contributed by atoms with van der Waals surface area (Å²) in [5, 5.41) is 0. The zero-order chi connectivity index (χ0) is 33.3. The Bertz CT molecular complexity index is 1620. The number of fused-ring (bicyclic) bond motifs is 2. The molecule has 258 valence electrons. The zero-order valence-electron chi connectivity index (χ0n) is 28.3. The second-order valence-electron chi connectivity index (χ2n) is 13.1. The molecule has 4 aliphatic rings. The number of aryl methyl sites for hydroxylation is 2. The van der Waals surface area contributed by atoms with Gasteiger partial charge in [0.15, 0.2) is 23.0 Å². The Labute approximate surface area is 289 Å². The predicted molar refractivity (Wildman–Crippen MR) is 192 cm³/mol. The highest BCUT2D eigenvalue weighted by atomic mass is 19.1. The molecule has 2 fully saturated rings. The van der Waals surface area contributed by atoms with Crippen LogP contribution in [0, 0.1) is 5.82 Å². The monoisotopic (exact) mass is 666 g/mol. The first kappa shape index (κ1) is 33.0. The highest BCUT2D eigenvalue weighted by Crippen LogP contribution is 2.34. The van der Waals surface area contributed by atoms with Crippen molar-refractivity contribution < 1.29 is 23.3 Å². The third-order valence-electron chi connectivity index (χ3n) is 9.81. The van der Waals surface area contributed by atoms with Crippen LogP contribution in [-0.2, 0) is 12.8 Å². The molecule has 4 heterocycles. The summed E-state index contributed by atoms with van der Waals surface area (Å²) < 4.78 is 34.6. The molecular weight excluding hydrogens is 619 g/mol. The summed E-state index contributed by atoms with van der Waals surface area (Å²) in [6.45, 7) is 11.6. The first-order valence-electron chi connectivity index (χ1n) is 17.7. The van der Waals surface area contributed by atoms with Gasteiger partial charge < -0.3 is 28.7 Å². The van der Waals surface area contributed by atoms with E-state index in [0.29, 0.717) is 13.6 Å². The van der Waals surface area contributed by atoms with Crippen LogP contribution in [0.3, 0.4) is 0 Å². The summed E-state index contributed by atoms with van der Waals surface area (Å²) in [6, 6.07) is 30.0. The van der Waals surface area contributed by atoms with Crippen molar-refractivity contribution in [2.75, 3.05) is 88.8 Å². The quantitative estimate of drug-likeness (QED) is 0.191. The maximum atomic E-state index is 13.0. The number of hydrogen-bond donors (Lipinski definition) is 0. The van der Waals surface area contributed by atoms with Crippen LogP contribution in [0.4, 0.5) is 15.8 Å². The van der Waals surface area contributed by atoms with E-state index in [1.54, 1.807) is 0 Å². The van der Waals surface area contributed by atoms with Gasteiger partial charge in [0.05, 0.1) is 0 Å². The van der Waals surface area contributed by atoms with E-state index in [1.165, 1.54) is 35.4 Å². The summed E-state index contributed by atoms with van der Waals surface area (Å²) in [5.41, 5.74) is 5.09. The SMILES string of the molecule is Fc1ccc(N2CCN(CCCc3ccc4c(c3)OCO4)CC2)cc1.c1ccc(N2CCN(CCCc3ccc4c(c3)OCO4)CC2)cc1. The van der Waals surface area contributed by atoms with Gasteiger partial charge in [-0.3, -0.25) is 9.80 Å². The fourth-order valence-electron chi connectivity index (χ4n) is 6.96. The standard InChI is InChI=1S/C20H23FN2O2.C20H24N2O2/c21-17-4-6-18(7-5-17)23-12-10-22(11-13-23)9-1-2-16-3-8-19-20(14-16)25-15-24-19;1-2-6-18(7-3-1)22-13-11-21(12-14-22)10-4-5-17-8-9-19-20(15-17)24-16-23-19/h3-8,14H,1-2,9-13,15H2;1-3,6-9,15H,4-5,10-14,16H2. The highest BCUT2D eigenvalue weighted by molar-refractivity contribution is 5.48. The van der Waals surface area contributed by atoms with Gasteiger partial charge in [-0.2, -0.15) is 0 Å². The lowest BCUT2D eigenvalue weighted by Gasteiger charge is -2.36. The molecular formula is C40H47FN4O4. The Morgan fingerprint density at radius 2 is 0.918 bits per heavy atom. The van der Waals surface area contributed by atoms with Gasteiger partial charge in [0, 0.05) is 63.7 Å². The molecule has 9 heteroatoms. The minimum atomic E-state index is -0.175. The summed E-state index contributed by atoms with van der Waals surface area (Å²) in [4.78, 5) is 9.89. The van der Waals surface area contributed by atoms with Gasteiger partial charge in [-0.25, -0.2) is 4.39 Å². The second-order valence-corrected chi connectivity index (χ2v) is 13.1. The number of ether oxygens (including phenoxy) is 4. The molecule has 0 aliphatic carbocycles. The van der Waals surface area contributed by atoms with Crippen molar-refractivity contribution in [1.29, 1.82) is 0 Å². The number of anilines is 2. The Kier molecular flexibility index (Phi) is 11.0. The fourth-order valence-corrected chi connectivity index (χ4v) is 6.96. The number of halogens is 1. The van der Waals surface area contributed by atoms with E-state index < -0.39 is 0 Å². The lowest BCUT2D eigenvalue weighted by atomic mass is 10.1. The molecule has 49 heavy (non-hydrogen) atoms. The lowest BCUT2D eigenvalue weighted by Crippen LogP contribution is -2.46. The largest absolute Gasteiger partial charge is 0.454 e. The topological polar surface area (TPSA) is 49.9 Å². The third-order valence-corrected chi connectivity index (χ3v) is 9.81. The normalized spacial score (nSPS) is 17.2. The maximum absolute atomic E-state index is 13.0. The van der Waals surface area contributed by atoms with Crippen LogP contribution in [0.15, 0.2) is 91.0 Å². The van der Waals surface area contributed by atoms with Crippen LogP contribution in [-0.4, -0.2) is 88.8 Å². The minimum absolute atomic E-state index is 0.175. The first-order valence-corrected chi connectivity index (χ1v) is 17.7. The van der Waals surface area contributed by atoms with Crippen molar-refractivity contribution in [2.24, 2.45) is 0 Å². The zero-order valence-corrected chi connectivity index (χ0v) is 28.3. The molecule has 0 radical (unpaired) electrons. The van der Waals surface area contributed by atoms with E-state index in [0.717, 1.165) is 113 Å². The van der Waals surface area contributed by atoms with Crippen LogP contribution in [0.5, 0.6) is 23.0 Å². The summed E-state index contributed by atoms with van der Waals surface area (Å²) >= 11 is 0. The van der Waals surface area contributed by atoms with Gasteiger partial charge in [-0.15, -0.1) is 0 Å². The maximum Gasteiger partial charge on any atom is 0.231 e. The molecule has 0 aromatic heterocycles. The van der Waals surface area contributed by atoms with Gasteiger partial charge in [-0.05, 0) is 111 Å². The average Bonchev–Trinajstić information content (AvgIpc) is 3.83. The van der Waals surface area contributed by atoms with Gasteiger partial charge in [0.1, 0.15) is 5.82 Å². The molecule has 0 N–H and O–H groups in total. The summed E-state index contributed by atoms with van der Waals surface area (Å²) in [7, 11) is 0. The Hall–Kier alpha value is -4.47. The van der Waals surface area contributed by atoms with Gasteiger partial charge >= 0.3 is 0 Å². The van der Waals surface area contributed by atoms with Crippen LogP contribution >= 0.6 is 0 Å². The van der Waals surface area contributed by atoms with Crippen molar-refractivity contribution in [1.82, 2.24) is 9.80 Å². The molecule has 0 unspecified atom stereocenters. The van der Waals surface area contributed by atoms with Gasteiger partial charge in [-0.1, -0.05) is 30.3 Å². The van der Waals surface area contributed by atoms with Crippen molar-refractivity contribution in [2.45, 2.75) is 25.7 Å². The Morgan fingerprint density at radius 1 is 0.469 bits per heavy atom. The molecule has 4 aliphatic heterocycles. The van der Waals surface area contributed by atoms with E-state index in [2.05, 4.69) is 74.2 Å². The molecule has 2 saturated heterocycles. The predicted octanol–water partition coefficient (Wildman–Crippen LogP) is 6.48. The second kappa shape index (κ2) is 16.3. The number of hydrogen-bond acceptors (Lipinski definition) is 8. The fraction of sp³-hybridized carbons (Fsp3) is 0.400. The van der Waals surface area contributed by atoms with Crippen molar-refractivity contribution in [3.05, 3.63) is 108 Å². The molecule has 0 amide bonds. The summed E-state index contributed by atoms with van der Waals surface area (Å²) in [6.07, 6.45) is 4.46. The third kappa shape index (κ3) is 8.96. The number of piperazine rings is 2. The van der Waals surface area contributed by atoms with Gasteiger partial charge in [0.2, 0.25) is 13.6 Å². The number of para-hydroxylation sites is 1. The van der Waals surface area contributed by atoms with Crippen LogP contribution in [0.1, 0.15) is 24.0 Å². The van der Waals surface area contributed by atoms with Crippen molar-refractivity contribution in [3.63, 3.8) is 0 Å². The smallest absolute Gasteiger partial charge is 0.231 e. The minimum Gasteiger partial charge on any atom is -0.454 e. The van der Waals surface area contributed by atoms with Crippen LogP contribution in [0.2, 0.25) is 0 Å². The van der Waals surface area contributed by atoms with E-state index >= 15 is 0 Å². The Morgan fingerprint density at radius 3 is 1.41 bits per heavy atom. The van der Waals surface area contributed by atoms with Crippen molar-refractivity contribution in [3.8, 4) is 23.0 Å². The van der Waals surface area contributed by atoms with Crippen LogP contribution < -0.4 is 28.7 Å². The number of benzene rings is 4. The van der Waals surface area contributed by atoms with E-state index in [-0.39, 0.29) is 5.82 Å². The molecule has 8 rings (SSSR count). The highest BCUT2D eigenvalue weighted by Gasteiger charge is 2.19. The van der Waals surface area contributed by atoms with Crippen molar-refractivity contribution >= 4 is 11.4 Å². The van der Waals surface area contributed by atoms with Gasteiger partial charge in [0.25, 0.3) is 0 Å². The molecule has 4 aromatic rings. The Balaban J connectivity index is 0.000000154. The van der Waals surface area contributed by atoms with E-state index in [4.69, 9.17) is 18.9 Å². The van der Waals surface area contributed by atoms with E-state index in [1.807, 2.05) is 24.3 Å². The molecule has 0 saturated carbocycles. The van der Waals surface area contributed by atoms with E-state index in [9.17, 15) is 4.39 Å². The molecule has 0 bridgehead atoms. The number of rotatable bonds is 10. The molecule has 8 nitrogen and oxygen atoms in total. The van der Waals surface area contributed by atoms with Crippen LogP contribution in [0.25, 0.3) is 0 Å². The average molecular weight is 667 g/mol. The first-order chi connectivity index (χ1) is 24.2. The lowest BCUT2D eigenvalue weighted by molar-refractivity contribution is 0.173. The molecule has 0 atom stereocenters. The number of nitrogens with zero attached hydrogens (tertiary/aromatic N) is 4.